The SMILES string of the molecule is N=CCNC/C=C(/F)CC[C@H](N)C(=O)O. The number of hydrogen-bond acceptors (Lipinski definition) is 4. The van der Waals surface area contributed by atoms with Crippen LogP contribution in [0.5, 0.6) is 0 Å². The lowest BCUT2D eigenvalue weighted by atomic mass is 10.1. The molecule has 0 aliphatic carbocycles. The smallest absolute Gasteiger partial charge is 0.320 e. The van der Waals surface area contributed by atoms with Crippen molar-refractivity contribution in [1.82, 2.24) is 5.32 Å². The second-order valence-corrected chi connectivity index (χ2v) is 3.00. The van der Waals surface area contributed by atoms with Crippen LogP contribution in [0.15, 0.2) is 11.9 Å². The molecule has 0 aromatic heterocycles. The zero-order chi connectivity index (χ0) is 11.7. The average molecular weight is 217 g/mol. The molecule has 6 heteroatoms. The van der Waals surface area contributed by atoms with Crippen molar-refractivity contribution in [3.63, 3.8) is 0 Å². The van der Waals surface area contributed by atoms with E-state index in [4.69, 9.17) is 16.2 Å². The van der Waals surface area contributed by atoms with Gasteiger partial charge in [0.15, 0.2) is 0 Å². The minimum atomic E-state index is -1.12. The topological polar surface area (TPSA) is 99.2 Å². The van der Waals surface area contributed by atoms with Gasteiger partial charge >= 0.3 is 5.97 Å². The van der Waals surface area contributed by atoms with Crippen molar-refractivity contribution >= 4 is 12.2 Å². The summed E-state index contributed by atoms with van der Waals surface area (Å²) in [4.78, 5) is 10.3. The van der Waals surface area contributed by atoms with E-state index < -0.39 is 12.0 Å². The van der Waals surface area contributed by atoms with Gasteiger partial charge in [-0.05, 0) is 12.5 Å². The van der Waals surface area contributed by atoms with Gasteiger partial charge in [-0.25, -0.2) is 4.39 Å². The fraction of sp³-hybridized carbons (Fsp3) is 0.556. The summed E-state index contributed by atoms with van der Waals surface area (Å²) >= 11 is 0. The standard InChI is InChI=1S/C9H16FN3O2/c10-7(3-5-13-6-4-11)1-2-8(12)9(14)15/h3-4,8,11,13H,1-2,5-6,12H2,(H,14,15)/b7-3+,11-4?/t8-/m0/s1. The Kier molecular flexibility index (Phi) is 7.39. The van der Waals surface area contributed by atoms with Crippen LogP contribution >= 0.6 is 0 Å². The normalized spacial score (nSPS) is 13.6. The first-order valence-corrected chi connectivity index (χ1v) is 4.60. The molecule has 15 heavy (non-hydrogen) atoms. The Balaban J connectivity index is 3.67. The Bertz CT molecular complexity index is 244. The van der Waals surface area contributed by atoms with E-state index in [1.807, 2.05) is 0 Å². The van der Waals surface area contributed by atoms with Crippen molar-refractivity contribution in [2.75, 3.05) is 13.1 Å². The van der Waals surface area contributed by atoms with Crippen molar-refractivity contribution in [1.29, 1.82) is 5.41 Å². The number of carboxylic acids is 1. The van der Waals surface area contributed by atoms with E-state index in [1.54, 1.807) is 0 Å². The van der Waals surface area contributed by atoms with Crippen LogP contribution < -0.4 is 11.1 Å². The number of hydrogen-bond donors (Lipinski definition) is 4. The number of allylic oxidation sites excluding steroid dienone is 1. The highest BCUT2D eigenvalue weighted by atomic mass is 19.1. The molecule has 0 aromatic rings. The molecule has 5 nitrogen and oxygen atoms in total. The summed E-state index contributed by atoms with van der Waals surface area (Å²) in [7, 11) is 0. The van der Waals surface area contributed by atoms with Gasteiger partial charge in [-0.2, -0.15) is 0 Å². The molecule has 0 aliphatic heterocycles. The lowest BCUT2D eigenvalue weighted by molar-refractivity contribution is -0.138. The molecular formula is C9H16FN3O2. The maximum atomic E-state index is 13.0. The van der Waals surface area contributed by atoms with Gasteiger partial charge in [0.05, 0.1) is 5.83 Å². The molecule has 0 unspecified atom stereocenters. The van der Waals surface area contributed by atoms with Crippen molar-refractivity contribution in [2.24, 2.45) is 5.73 Å². The van der Waals surface area contributed by atoms with Crippen LogP contribution in [-0.2, 0) is 4.79 Å². The van der Waals surface area contributed by atoms with Gasteiger partial charge in [-0.15, -0.1) is 0 Å². The zero-order valence-electron chi connectivity index (χ0n) is 8.37. The number of halogens is 1. The molecule has 0 aliphatic rings. The first-order valence-electron chi connectivity index (χ1n) is 4.60. The average Bonchev–Trinajstić information content (AvgIpc) is 2.20. The predicted molar refractivity (Wildman–Crippen MR) is 55.7 cm³/mol. The van der Waals surface area contributed by atoms with E-state index in [0.717, 1.165) is 0 Å². The summed E-state index contributed by atoms with van der Waals surface area (Å²) in [6.07, 6.45) is 2.60. The van der Waals surface area contributed by atoms with Crippen LogP contribution in [0.3, 0.4) is 0 Å². The Morgan fingerprint density at radius 1 is 1.60 bits per heavy atom. The summed E-state index contributed by atoms with van der Waals surface area (Å²) in [6.45, 7) is 0.710. The summed E-state index contributed by atoms with van der Waals surface area (Å²) in [5.74, 6) is -1.51. The van der Waals surface area contributed by atoms with Gasteiger partial charge in [0.25, 0.3) is 0 Å². The maximum absolute atomic E-state index is 13.0. The minimum Gasteiger partial charge on any atom is -0.480 e. The molecule has 0 aromatic carbocycles. The third-order valence-electron chi connectivity index (χ3n) is 1.73. The highest BCUT2D eigenvalue weighted by Crippen LogP contribution is 2.07. The quantitative estimate of drug-likeness (QED) is 0.346. The predicted octanol–water partition coefficient (Wildman–Crippen LogP) is 0.271. The molecule has 1 atom stereocenters. The Hall–Kier alpha value is -1.27. The second-order valence-electron chi connectivity index (χ2n) is 3.00. The van der Waals surface area contributed by atoms with E-state index in [-0.39, 0.29) is 18.7 Å². The van der Waals surface area contributed by atoms with Crippen molar-refractivity contribution in [3.8, 4) is 0 Å². The number of carbonyl (C=O) groups is 1. The summed E-state index contributed by atoms with van der Waals surface area (Å²) in [5.41, 5.74) is 5.20. The molecule has 0 rings (SSSR count). The number of rotatable bonds is 8. The number of carboxylic acid groups (broad SMARTS) is 1. The molecule has 0 heterocycles. The van der Waals surface area contributed by atoms with Crippen molar-refractivity contribution in [3.05, 3.63) is 11.9 Å². The monoisotopic (exact) mass is 217 g/mol. The number of nitrogens with two attached hydrogens (primary N) is 1. The van der Waals surface area contributed by atoms with E-state index in [2.05, 4.69) is 5.32 Å². The molecule has 0 saturated carbocycles. The maximum Gasteiger partial charge on any atom is 0.320 e. The molecule has 0 spiro atoms. The minimum absolute atomic E-state index is 0.0275. The van der Waals surface area contributed by atoms with Gasteiger partial charge in [-0.3, -0.25) is 4.79 Å². The van der Waals surface area contributed by atoms with Crippen LogP contribution in [-0.4, -0.2) is 36.4 Å². The largest absolute Gasteiger partial charge is 0.480 e. The van der Waals surface area contributed by atoms with Crippen LogP contribution in [0.1, 0.15) is 12.8 Å². The van der Waals surface area contributed by atoms with Gasteiger partial charge in [0.1, 0.15) is 6.04 Å². The van der Waals surface area contributed by atoms with E-state index in [0.29, 0.717) is 13.1 Å². The van der Waals surface area contributed by atoms with Crippen LogP contribution in [0.25, 0.3) is 0 Å². The van der Waals surface area contributed by atoms with E-state index in [9.17, 15) is 9.18 Å². The van der Waals surface area contributed by atoms with Crippen LogP contribution in [0, 0.1) is 5.41 Å². The molecule has 86 valence electrons. The zero-order valence-corrected chi connectivity index (χ0v) is 8.37. The van der Waals surface area contributed by atoms with Crippen LogP contribution in [0.2, 0.25) is 0 Å². The Morgan fingerprint density at radius 2 is 2.27 bits per heavy atom. The first kappa shape index (κ1) is 13.7. The van der Waals surface area contributed by atoms with Gasteiger partial charge < -0.3 is 21.6 Å². The molecule has 5 N–H and O–H groups in total. The molecule has 0 radical (unpaired) electrons. The van der Waals surface area contributed by atoms with Gasteiger partial charge in [-0.1, -0.05) is 0 Å². The molecule has 0 saturated heterocycles. The molecule has 0 fully saturated rings. The number of nitrogens with one attached hydrogen (secondary N) is 2. The molecule has 0 bridgehead atoms. The van der Waals surface area contributed by atoms with Crippen molar-refractivity contribution in [2.45, 2.75) is 18.9 Å². The molecule has 0 amide bonds. The Labute approximate surface area is 87.7 Å². The van der Waals surface area contributed by atoms with E-state index >= 15 is 0 Å². The van der Waals surface area contributed by atoms with Crippen molar-refractivity contribution < 1.29 is 14.3 Å². The van der Waals surface area contributed by atoms with E-state index in [1.165, 1.54) is 12.3 Å². The number of aliphatic carboxylic acids is 1. The third-order valence-corrected chi connectivity index (χ3v) is 1.73. The summed E-state index contributed by atoms with van der Waals surface area (Å²) in [5, 5.41) is 17.9. The lowest BCUT2D eigenvalue weighted by Crippen LogP contribution is -2.29. The third kappa shape index (κ3) is 7.77. The summed E-state index contributed by atoms with van der Waals surface area (Å²) < 4.78 is 13.0. The van der Waals surface area contributed by atoms with Gasteiger partial charge in [0, 0.05) is 25.7 Å². The fourth-order valence-corrected chi connectivity index (χ4v) is 0.857. The first-order chi connectivity index (χ1) is 7.07. The second kappa shape index (κ2) is 8.07. The fourth-order valence-electron chi connectivity index (χ4n) is 0.857. The summed E-state index contributed by atoms with van der Waals surface area (Å²) in [6, 6.07) is -1.02. The lowest BCUT2D eigenvalue weighted by Gasteiger charge is -2.04. The molecular weight excluding hydrogens is 201 g/mol. The van der Waals surface area contributed by atoms with Gasteiger partial charge in [0.2, 0.25) is 0 Å². The highest BCUT2D eigenvalue weighted by molar-refractivity contribution is 5.72. The Morgan fingerprint density at radius 3 is 2.80 bits per heavy atom. The van der Waals surface area contributed by atoms with Crippen LogP contribution in [0.4, 0.5) is 4.39 Å². The highest BCUT2D eigenvalue weighted by Gasteiger charge is 2.11.